The minimum absolute atomic E-state index is 0.681. The lowest BCUT2D eigenvalue weighted by Gasteiger charge is -2.28. The molecular weight excluding hydrogens is 216 g/mol. The van der Waals surface area contributed by atoms with Crippen molar-refractivity contribution in [2.75, 3.05) is 18.0 Å². The maximum Gasteiger partial charge on any atom is 0.111 e. The maximum atomic E-state index is 8.86. The molecule has 3 rings (SSSR count). The fourth-order valence-electron chi connectivity index (χ4n) is 2.32. The van der Waals surface area contributed by atoms with Crippen molar-refractivity contribution in [2.24, 2.45) is 5.16 Å². The number of anilines is 1. The van der Waals surface area contributed by atoms with Crippen LogP contribution in [-0.2, 0) is 0 Å². The number of oxime groups is 1. The Labute approximate surface area is 98.8 Å². The van der Waals surface area contributed by atoms with Crippen molar-refractivity contribution < 1.29 is 5.21 Å². The molecule has 0 radical (unpaired) electrons. The zero-order chi connectivity index (χ0) is 11.7. The smallest absolute Gasteiger partial charge is 0.111 e. The van der Waals surface area contributed by atoms with Gasteiger partial charge < -0.3 is 15.1 Å². The average molecular weight is 230 g/mol. The van der Waals surface area contributed by atoms with Crippen molar-refractivity contribution in [3.63, 3.8) is 0 Å². The molecule has 0 amide bonds. The van der Waals surface area contributed by atoms with Crippen LogP contribution >= 0.6 is 0 Å². The standard InChI is InChI=1S/C12H14N4O/c17-15-9-3-2-6-16(8-9)11-7-14-10-4-1-5-13-12(10)11/h1,4-5,7,14,17H,2-3,6,8H2/b15-9-. The molecule has 5 heteroatoms. The van der Waals surface area contributed by atoms with Crippen LogP contribution in [0, 0.1) is 0 Å². The third kappa shape index (κ3) is 1.73. The van der Waals surface area contributed by atoms with Crippen LogP contribution in [0.2, 0.25) is 0 Å². The van der Waals surface area contributed by atoms with Gasteiger partial charge in [-0.15, -0.1) is 0 Å². The molecule has 2 N–H and O–H groups in total. The highest BCUT2D eigenvalue weighted by molar-refractivity contribution is 5.94. The summed E-state index contributed by atoms with van der Waals surface area (Å²) in [5.41, 5.74) is 3.94. The predicted octanol–water partition coefficient (Wildman–Crippen LogP) is 1.99. The largest absolute Gasteiger partial charge is 0.411 e. The number of rotatable bonds is 1. The Balaban J connectivity index is 1.98. The second-order valence-electron chi connectivity index (χ2n) is 4.26. The minimum atomic E-state index is 0.681. The van der Waals surface area contributed by atoms with Crippen LogP contribution < -0.4 is 4.90 Å². The summed E-state index contributed by atoms with van der Waals surface area (Å²) in [5.74, 6) is 0. The Kier molecular flexibility index (Phi) is 2.44. The topological polar surface area (TPSA) is 64.5 Å². The molecule has 1 saturated heterocycles. The second kappa shape index (κ2) is 4.08. The van der Waals surface area contributed by atoms with Gasteiger partial charge in [-0.2, -0.15) is 0 Å². The molecule has 88 valence electrons. The number of aromatic nitrogens is 2. The summed E-state index contributed by atoms with van der Waals surface area (Å²) in [6.45, 7) is 1.66. The molecule has 0 unspecified atom stereocenters. The third-order valence-electron chi connectivity index (χ3n) is 3.16. The lowest BCUT2D eigenvalue weighted by atomic mass is 10.1. The summed E-state index contributed by atoms with van der Waals surface area (Å²) < 4.78 is 0. The van der Waals surface area contributed by atoms with Crippen molar-refractivity contribution in [3.05, 3.63) is 24.5 Å². The Bertz CT molecular complexity index is 560. The van der Waals surface area contributed by atoms with Gasteiger partial charge >= 0.3 is 0 Å². The van der Waals surface area contributed by atoms with Gasteiger partial charge in [0.1, 0.15) is 5.52 Å². The van der Waals surface area contributed by atoms with E-state index in [-0.39, 0.29) is 0 Å². The quantitative estimate of drug-likeness (QED) is 0.581. The number of nitrogens with zero attached hydrogens (tertiary/aromatic N) is 3. The number of H-pyrrole nitrogens is 1. The number of nitrogens with one attached hydrogen (secondary N) is 1. The Morgan fingerprint density at radius 3 is 3.29 bits per heavy atom. The monoisotopic (exact) mass is 230 g/mol. The van der Waals surface area contributed by atoms with Gasteiger partial charge in [-0.25, -0.2) is 0 Å². The van der Waals surface area contributed by atoms with E-state index in [9.17, 15) is 0 Å². The van der Waals surface area contributed by atoms with Gasteiger partial charge in [0.15, 0.2) is 0 Å². The molecule has 1 aliphatic heterocycles. The van der Waals surface area contributed by atoms with E-state index in [4.69, 9.17) is 5.21 Å². The summed E-state index contributed by atoms with van der Waals surface area (Å²) in [5, 5.41) is 12.2. The van der Waals surface area contributed by atoms with E-state index in [2.05, 4.69) is 20.0 Å². The lowest BCUT2D eigenvalue weighted by molar-refractivity contribution is 0.315. The number of hydrogen-bond donors (Lipinski definition) is 2. The molecule has 3 heterocycles. The molecule has 0 spiro atoms. The zero-order valence-electron chi connectivity index (χ0n) is 9.43. The maximum absolute atomic E-state index is 8.86. The molecule has 2 aromatic heterocycles. The first kappa shape index (κ1) is 10.1. The summed E-state index contributed by atoms with van der Waals surface area (Å²) in [4.78, 5) is 9.80. The molecule has 0 aliphatic carbocycles. The Hall–Kier alpha value is -2.04. The molecule has 5 nitrogen and oxygen atoms in total. The fraction of sp³-hybridized carbons (Fsp3) is 0.333. The first-order valence-corrected chi connectivity index (χ1v) is 5.75. The van der Waals surface area contributed by atoms with Crippen LogP contribution in [0.5, 0.6) is 0 Å². The van der Waals surface area contributed by atoms with Crippen molar-refractivity contribution in [1.82, 2.24) is 9.97 Å². The number of hydrogen-bond acceptors (Lipinski definition) is 4. The minimum Gasteiger partial charge on any atom is -0.411 e. The predicted molar refractivity (Wildman–Crippen MR) is 66.8 cm³/mol. The normalized spacial score (nSPS) is 19.1. The summed E-state index contributed by atoms with van der Waals surface area (Å²) in [6, 6.07) is 3.93. The summed E-state index contributed by atoms with van der Waals surface area (Å²) >= 11 is 0. The van der Waals surface area contributed by atoms with Crippen molar-refractivity contribution in [3.8, 4) is 0 Å². The van der Waals surface area contributed by atoms with Gasteiger partial charge in [0.25, 0.3) is 0 Å². The number of fused-ring (bicyclic) bond motifs is 1. The van der Waals surface area contributed by atoms with Crippen LogP contribution in [-0.4, -0.2) is 34.0 Å². The van der Waals surface area contributed by atoms with E-state index in [0.717, 1.165) is 41.8 Å². The third-order valence-corrected chi connectivity index (χ3v) is 3.16. The van der Waals surface area contributed by atoms with E-state index < -0.39 is 0 Å². The highest BCUT2D eigenvalue weighted by Gasteiger charge is 2.19. The van der Waals surface area contributed by atoms with Gasteiger partial charge in [-0.05, 0) is 25.0 Å². The molecule has 0 saturated carbocycles. The lowest BCUT2D eigenvalue weighted by Crippen LogP contribution is -2.35. The average Bonchev–Trinajstić information content (AvgIpc) is 2.82. The number of piperidine rings is 1. The van der Waals surface area contributed by atoms with Crippen LogP contribution in [0.3, 0.4) is 0 Å². The highest BCUT2D eigenvalue weighted by Crippen LogP contribution is 2.26. The van der Waals surface area contributed by atoms with Crippen LogP contribution in [0.4, 0.5) is 5.69 Å². The zero-order valence-corrected chi connectivity index (χ0v) is 9.43. The van der Waals surface area contributed by atoms with E-state index in [1.54, 1.807) is 6.20 Å². The van der Waals surface area contributed by atoms with E-state index in [1.807, 2.05) is 18.3 Å². The molecule has 0 atom stereocenters. The van der Waals surface area contributed by atoms with Gasteiger partial charge in [0.05, 0.1) is 23.5 Å². The van der Waals surface area contributed by atoms with Gasteiger partial charge in [0, 0.05) is 18.9 Å². The van der Waals surface area contributed by atoms with Crippen LogP contribution in [0.1, 0.15) is 12.8 Å². The SMILES string of the molecule is O/N=C1/CCCN(c2c[nH]c3cccnc23)C1. The van der Waals surface area contributed by atoms with Gasteiger partial charge in [-0.3, -0.25) is 4.98 Å². The van der Waals surface area contributed by atoms with E-state index >= 15 is 0 Å². The molecule has 1 aliphatic rings. The van der Waals surface area contributed by atoms with Crippen molar-refractivity contribution in [2.45, 2.75) is 12.8 Å². The number of aromatic amines is 1. The van der Waals surface area contributed by atoms with Gasteiger partial charge in [-0.1, -0.05) is 5.16 Å². The molecule has 2 aromatic rings. The molecular formula is C12H14N4O. The van der Waals surface area contributed by atoms with Gasteiger partial charge in [0.2, 0.25) is 0 Å². The molecule has 17 heavy (non-hydrogen) atoms. The summed E-state index contributed by atoms with van der Waals surface area (Å²) in [7, 11) is 0. The fourth-order valence-corrected chi connectivity index (χ4v) is 2.32. The van der Waals surface area contributed by atoms with Crippen molar-refractivity contribution in [1.29, 1.82) is 0 Å². The second-order valence-corrected chi connectivity index (χ2v) is 4.26. The van der Waals surface area contributed by atoms with Crippen LogP contribution in [0.25, 0.3) is 11.0 Å². The van der Waals surface area contributed by atoms with E-state index in [1.165, 1.54) is 0 Å². The van der Waals surface area contributed by atoms with E-state index in [0.29, 0.717) is 6.54 Å². The Morgan fingerprint density at radius 1 is 1.47 bits per heavy atom. The Morgan fingerprint density at radius 2 is 2.41 bits per heavy atom. The summed E-state index contributed by atoms with van der Waals surface area (Å²) in [6.07, 6.45) is 5.66. The molecule has 1 fully saturated rings. The first-order chi connectivity index (χ1) is 8.38. The molecule has 0 aromatic carbocycles. The van der Waals surface area contributed by atoms with Crippen LogP contribution in [0.15, 0.2) is 29.7 Å². The highest BCUT2D eigenvalue weighted by atomic mass is 16.4. The number of pyridine rings is 1. The van der Waals surface area contributed by atoms with Crippen molar-refractivity contribution >= 4 is 22.4 Å². The molecule has 0 bridgehead atoms. The first-order valence-electron chi connectivity index (χ1n) is 5.75.